The highest BCUT2D eigenvalue weighted by Crippen LogP contribution is 2.50. The van der Waals surface area contributed by atoms with Crippen LogP contribution in [0.3, 0.4) is 0 Å². The number of para-hydroxylation sites is 1. The minimum absolute atomic E-state index is 0.843. The van der Waals surface area contributed by atoms with E-state index >= 15 is 0 Å². The summed E-state index contributed by atoms with van der Waals surface area (Å²) >= 11 is 0. The summed E-state index contributed by atoms with van der Waals surface area (Å²) in [5.74, 6) is 0. The van der Waals surface area contributed by atoms with E-state index in [2.05, 4.69) is 127 Å². The molecule has 10 aromatic rings. The van der Waals surface area contributed by atoms with Crippen LogP contribution in [0.5, 0.6) is 0 Å². The molecule has 10 rings (SSSR count). The molecule has 0 saturated heterocycles. The van der Waals surface area contributed by atoms with Crippen molar-refractivity contribution in [2.45, 2.75) is 0 Å². The quantitative estimate of drug-likeness (QED) is 0.155. The number of furan rings is 2. The van der Waals surface area contributed by atoms with Gasteiger partial charge in [-0.1, -0.05) is 115 Å². The van der Waals surface area contributed by atoms with Gasteiger partial charge in [-0.15, -0.1) is 0 Å². The van der Waals surface area contributed by atoms with Crippen LogP contribution in [0.4, 0.5) is 0 Å². The van der Waals surface area contributed by atoms with Gasteiger partial charge in [-0.05, 0) is 78.5 Å². The zero-order valence-electron chi connectivity index (χ0n) is 23.7. The van der Waals surface area contributed by atoms with Crippen molar-refractivity contribution in [2.24, 2.45) is 0 Å². The van der Waals surface area contributed by atoms with Crippen LogP contribution < -0.4 is 0 Å². The zero-order valence-corrected chi connectivity index (χ0v) is 23.7. The van der Waals surface area contributed by atoms with Gasteiger partial charge in [0.15, 0.2) is 0 Å². The number of hydrogen-bond acceptors (Lipinski definition) is 2. The first-order valence-electron chi connectivity index (χ1n) is 15.0. The molecular formula is C42H24O2. The highest BCUT2D eigenvalue weighted by molar-refractivity contribution is 6.29. The smallest absolute Gasteiger partial charge is 0.147 e. The Morgan fingerprint density at radius 2 is 0.909 bits per heavy atom. The molecule has 0 spiro atoms. The van der Waals surface area contributed by atoms with Crippen LogP contribution in [0.2, 0.25) is 0 Å². The Balaban J connectivity index is 1.43. The lowest BCUT2D eigenvalue weighted by Gasteiger charge is -2.19. The molecule has 0 unspecified atom stereocenters. The van der Waals surface area contributed by atoms with Crippen molar-refractivity contribution in [1.82, 2.24) is 0 Å². The van der Waals surface area contributed by atoms with E-state index in [-0.39, 0.29) is 0 Å². The normalized spacial score (nSPS) is 12.1. The third-order valence-corrected chi connectivity index (χ3v) is 9.30. The second-order valence-electron chi connectivity index (χ2n) is 11.6. The van der Waals surface area contributed by atoms with Crippen LogP contribution in [0, 0.1) is 0 Å². The third-order valence-electron chi connectivity index (χ3n) is 9.30. The molecule has 0 aliphatic carbocycles. The summed E-state index contributed by atoms with van der Waals surface area (Å²) in [6, 6.07) is 50.0. The van der Waals surface area contributed by atoms with Gasteiger partial charge in [-0.25, -0.2) is 0 Å². The molecule has 8 aromatic carbocycles. The molecule has 0 saturated carbocycles. The number of fused-ring (bicyclic) bond motifs is 9. The van der Waals surface area contributed by atoms with Crippen LogP contribution in [0.25, 0.3) is 98.3 Å². The average molecular weight is 561 g/mol. The van der Waals surface area contributed by atoms with E-state index in [0.717, 1.165) is 44.0 Å². The summed E-state index contributed by atoms with van der Waals surface area (Å²) in [6.45, 7) is 0. The van der Waals surface area contributed by atoms with E-state index < -0.39 is 0 Å². The van der Waals surface area contributed by atoms with Crippen molar-refractivity contribution in [2.75, 3.05) is 0 Å². The predicted molar refractivity (Wildman–Crippen MR) is 184 cm³/mol. The Bertz CT molecular complexity index is 2720. The fourth-order valence-corrected chi connectivity index (χ4v) is 7.47. The van der Waals surface area contributed by atoms with Gasteiger partial charge >= 0.3 is 0 Å². The molecule has 0 aliphatic heterocycles. The van der Waals surface area contributed by atoms with E-state index in [0.29, 0.717) is 0 Å². The molecular weight excluding hydrogens is 536 g/mol. The maximum atomic E-state index is 6.67. The number of hydrogen-bond donors (Lipinski definition) is 0. The number of rotatable bonds is 2. The lowest BCUT2D eigenvalue weighted by atomic mass is 9.83. The summed E-state index contributed by atoms with van der Waals surface area (Å²) in [7, 11) is 0. The van der Waals surface area contributed by atoms with E-state index in [1.165, 1.54) is 54.2 Å². The Labute approximate surface area is 252 Å². The molecule has 0 bridgehead atoms. The van der Waals surface area contributed by atoms with Crippen molar-refractivity contribution in [1.29, 1.82) is 0 Å². The standard InChI is InChI=1S/C42H24O2/c1-2-12-27-25(11-1)23-35(29-14-4-3-13-28(27)29)38-31-16-5-7-18-33(31)39(34-19-8-6-17-32(34)38)40-41-26(21-22-43-41)24-36-30-15-9-10-20-37(30)44-42(36)40/h1-24H. The first-order chi connectivity index (χ1) is 21.8. The van der Waals surface area contributed by atoms with Gasteiger partial charge < -0.3 is 8.83 Å². The van der Waals surface area contributed by atoms with Crippen LogP contribution in [-0.2, 0) is 0 Å². The van der Waals surface area contributed by atoms with Gasteiger partial charge in [0.2, 0.25) is 0 Å². The fourth-order valence-electron chi connectivity index (χ4n) is 7.47. The van der Waals surface area contributed by atoms with Crippen LogP contribution in [-0.4, -0.2) is 0 Å². The molecule has 2 aromatic heterocycles. The second kappa shape index (κ2) is 8.82. The van der Waals surface area contributed by atoms with E-state index in [1.807, 2.05) is 12.1 Å². The minimum atomic E-state index is 0.843. The van der Waals surface area contributed by atoms with Crippen LogP contribution in [0.1, 0.15) is 0 Å². The van der Waals surface area contributed by atoms with Gasteiger partial charge in [-0.2, -0.15) is 0 Å². The van der Waals surface area contributed by atoms with Crippen LogP contribution >= 0.6 is 0 Å². The van der Waals surface area contributed by atoms with Crippen molar-refractivity contribution in [3.8, 4) is 22.3 Å². The van der Waals surface area contributed by atoms with Crippen molar-refractivity contribution >= 4 is 76.0 Å². The fraction of sp³-hybridized carbons (Fsp3) is 0. The van der Waals surface area contributed by atoms with Gasteiger partial charge in [0.1, 0.15) is 16.7 Å². The maximum Gasteiger partial charge on any atom is 0.147 e. The van der Waals surface area contributed by atoms with Crippen molar-refractivity contribution in [3.05, 3.63) is 146 Å². The second-order valence-corrected chi connectivity index (χ2v) is 11.6. The van der Waals surface area contributed by atoms with E-state index in [1.54, 1.807) is 6.26 Å². The van der Waals surface area contributed by atoms with Gasteiger partial charge in [0, 0.05) is 21.7 Å². The Kier molecular flexibility index (Phi) is 4.75. The highest BCUT2D eigenvalue weighted by atomic mass is 16.3. The Morgan fingerprint density at radius 3 is 1.64 bits per heavy atom. The summed E-state index contributed by atoms with van der Waals surface area (Å²) in [5.41, 5.74) is 7.20. The van der Waals surface area contributed by atoms with E-state index in [9.17, 15) is 0 Å². The monoisotopic (exact) mass is 560 g/mol. The maximum absolute atomic E-state index is 6.67. The van der Waals surface area contributed by atoms with Crippen LogP contribution in [0.15, 0.2) is 155 Å². The molecule has 0 fully saturated rings. The third kappa shape index (κ3) is 3.14. The first-order valence-corrected chi connectivity index (χ1v) is 15.0. The van der Waals surface area contributed by atoms with Crippen molar-refractivity contribution in [3.63, 3.8) is 0 Å². The summed E-state index contributed by atoms with van der Waals surface area (Å²) in [6.07, 6.45) is 1.79. The SMILES string of the molecule is c1ccc2c(c1)cc(-c1c3ccccc3c(-c3c4occc4cc4c3oc3ccccc34)c3ccccc13)c1ccccc12. The molecule has 2 nitrogen and oxygen atoms in total. The van der Waals surface area contributed by atoms with Gasteiger partial charge in [0.05, 0.1) is 11.8 Å². The minimum Gasteiger partial charge on any atom is -0.464 e. The average Bonchev–Trinajstić information content (AvgIpc) is 3.71. The van der Waals surface area contributed by atoms with Gasteiger partial charge in [-0.3, -0.25) is 0 Å². The molecule has 0 aliphatic rings. The highest BCUT2D eigenvalue weighted by Gasteiger charge is 2.24. The number of benzene rings is 8. The lowest BCUT2D eigenvalue weighted by Crippen LogP contribution is -1.93. The summed E-state index contributed by atoms with van der Waals surface area (Å²) in [4.78, 5) is 0. The summed E-state index contributed by atoms with van der Waals surface area (Å²) < 4.78 is 12.9. The summed E-state index contributed by atoms with van der Waals surface area (Å²) in [5, 5.41) is 13.1. The molecule has 0 atom stereocenters. The Hall–Kier alpha value is -5.86. The first kappa shape index (κ1) is 23.7. The van der Waals surface area contributed by atoms with Crippen molar-refractivity contribution < 1.29 is 8.83 Å². The molecule has 0 amide bonds. The molecule has 2 heterocycles. The van der Waals surface area contributed by atoms with Gasteiger partial charge in [0.25, 0.3) is 0 Å². The molecule has 204 valence electrons. The largest absolute Gasteiger partial charge is 0.464 e. The van der Waals surface area contributed by atoms with E-state index in [4.69, 9.17) is 8.83 Å². The molecule has 44 heavy (non-hydrogen) atoms. The Morgan fingerprint density at radius 1 is 0.341 bits per heavy atom. The molecule has 0 radical (unpaired) electrons. The zero-order chi connectivity index (χ0) is 28.8. The molecule has 2 heteroatoms. The lowest BCUT2D eigenvalue weighted by molar-refractivity contribution is 0.615. The molecule has 0 N–H and O–H groups in total. The topological polar surface area (TPSA) is 26.3 Å². The predicted octanol–water partition coefficient (Wildman–Crippen LogP) is 12.3.